The van der Waals surface area contributed by atoms with E-state index in [2.05, 4.69) is 30.3 Å². The Balaban J connectivity index is 1.25. The van der Waals surface area contributed by atoms with Crippen LogP contribution in [0.1, 0.15) is 33.8 Å². The van der Waals surface area contributed by atoms with Crippen LogP contribution in [0.5, 0.6) is 5.75 Å². The lowest BCUT2D eigenvalue weighted by Gasteiger charge is -2.37. The van der Waals surface area contributed by atoms with Crippen LogP contribution < -0.4 is 4.74 Å². The van der Waals surface area contributed by atoms with Crippen molar-refractivity contribution in [3.8, 4) is 5.75 Å². The van der Waals surface area contributed by atoms with Gasteiger partial charge in [-0.1, -0.05) is 78.9 Å². The van der Waals surface area contributed by atoms with Crippen molar-refractivity contribution >= 4 is 22.6 Å². The summed E-state index contributed by atoms with van der Waals surface area (Å²) < 4.78 is 12.1. The summed E-state index contributed by atoms with van der Waals surface area (Å²) >= 11 is 0. The monoisotopic (exact) mass is 495 g/mol. The summed E-state index contributed by atoms with van der Waals surface area (Å²) in [5, 5.41) is 11.9. The first-order valence-electron chi connectivity index (χ1n) is 12.4. The van der Waals surface area contributed by atoms with Gasteiger partial charge in [0.05, 0.1) is 19.3 Å². The quantitative estimate of drug-likeness (QED) is 0.297. The largest absolute Gasteiger partial charge is 0.485 e. The van der Waals surface area contributed by atoms with Gasteiger partial charge < -0.3 is 19.5 Å². The van der Waals surface area contributed by atoms with Gasteiger partial charge in [-0.2, -0.15) is 0 Å². The van der Waals surface area contributed by atoms with Crippen molar-refractivity contribution in [1.82, 2.24) is 4.90 Å². The Kier molecular flexibility index (Phi) is 7.47. The third kappa shape index (κ3) is 5.98. The first kappa shape index (κ1) is 24.5. The summed E-state index contributed by atoms with van der Waals surface area (Å²) in [4.78, 5) is 25.4. The first-order valence-corrected chi connectivity index (χ1v) is 12.4. The maximum atomic E-state index is 12.3. The van der Waals surface area contributed by atoms with Crippen LogP contribution in [0.3, 0.4) is 0 Å². The molecule has 37 heavy (non-hydrogen) atoms. The van der Waals surface area contributed by atoms with Gasteiger partial charge in [0.2, 0.25) is 0 Å². The van der Waals surface area contributed by atoms with Crippen molar-refractivity contribution in [2.75, 3.05) is 19.7 Å². The van der Waals surface area contributed by atoms with E-state index in [0.717, 1.165) is 16.5 Å². The SMILES string of the molecule is O=C(COc1ccc(C2CCN(C(=O)O)CC2OCc2ccc3ccccc3c2)cc1)c1ccccc1. The molecule has 4 aromatic rings. The standard InChI is InChI=1S/C31H29NO5/c33-29(25-7-2-1-3-8-25)21-36-27-14-12-24(13-15-27)28-16-17-32(31(34)35)19-30(28)37-20-22-10-11-23-6-4-5-9-26(23)18-22/h1-15,18,28,30H,16-17,19-21H2,(H,34,35). The van der Waals surface area contributed by atoms with Gasteiger partial charge in [-0.05, 0) is 46.5 Å². The number of carbonyl (C=O) groups excluding carboxylic acids is 1. The molecule has 1 N–H and O–H groups in total. The molecule has 2 unspecified atom stereocenters. The molecule has 1 aliphatic rings. The second kappa shape index (κ2) is 11.3. The number of hydrogen-bond donors (Lipinski definition) is 1. The smallest absolute Gasteiger partial charge is 0.407 e. The fourth-order valence-corrected chi connectivity index (χ4v) is 4.84. The summed E-state index contributed by atoms with van der Waals surface area (Å²) in [7, 11) is 0. The minimum atomic E-state index is -0.926. The summed E-state index contributed by atoms with van der Waals surface area (Å²) in [6.45, 7) is 1.15. The lowest BCUT2D eigenvalue weighted by molar-refractivity contribution is -0.0199. The summed E-state index contributed by atoms with van der Waals surface area (Å²) in [6, 6.07) is 31.2. The third-order valence-electron chi connectivity index (χ3n) is 6.88. The van der Waals surface area contributed by atoms with Crippen LogP contribution in [0, 0.1) is 0 Å². The molecule has 1 aliphatic heterocycles. The molecule has 0 bridgehead atoms. The molecule has 1 heterocycles. The highest BCUT2D eigenvalue weighted by Gasteiger charge is 2.33. The first-order chi connectivity index (χ1) is 18.1. The topological polar surface area (TPSA) is 76.1 Å². The molecule has 0 spiro atoms. The summed E-state index contributed by atoms with van der Waals surface area (Å²) in [6.07, 6.45) is -0.534. The van der Waals surface area contributed by atoms with Gasteiger partial charge in [-0.25, -0.2) is 4.79 Å². The lowest BCUT2D eigenvalue weighted by Crippen LogP contribution is -2.46. The van der Waals surface area contributed by atoms with Gasteiger partial charge in [-0.15, -0.1) is 0 Å². The number of rotatable bonds is 8. The molecule has 4 aromatic carbocycles. The molecule has 5 rings (SSSR count). The van der Waals surface area contributed by atoms with E-state index in [1.54, 1.807) is 12.1 Å². The fraction of sp³-hybridized carbons (Fsp3) is 0.226. The zero-order valence-corrected chi connectivity index (χ0v) is 20.5. The fourth-order valence-electron chi connectivity index (χ4n) is 4.84. The van der Waals surface area contributed by atoms with E-state index < -0.39 is 6.09 Å². The van der Waals surface area contributed by atoms with Crippen molar-refractivity contribution in [2.45, 2.75) is 25.0 Å². The number of carbonyl (C=O) groups is 2. The van der Waals surface area contributed by atoms with E-state index in [1.807, 2.05) is 54.6 Å². The van der Waals surface area contributed by atoms with Gasteiger partial charge in [0.15, 0.2) is 12.4 Å². The number of amides is 1. The number of likely N-dealkylation sites (tertiary alicyclic amines) is 1. The number of nitrogens with zero attached hydrogens (tertiary/aromatic N) is 1. The second-order valence-electron chi connectivity index (χ2n) is 9.30. The molecule has 188 valence electrons. The van der Waals surface area contributed by atoms with Crippen molar-refractivity contribution in [3.63, 3.8) is 0 Å². The third-order valence-corrected chi connectivity index (χ3v) is 6.88. The normalized spacial score (nSPS) is 17.5. The highest BCUT2D eigenvalue weighted by atomic mass is 16.5. The highest BCUT2D eigenvalue weighted by molar-refractivity contribution is 5.97. The molecule has 0 radical (unpaired) electrons. The minimum Gasteiger partial charge on any atom is -0.485 e. The number of ketones is 1. The van der Waals surface area contributed by atoms with Crippen LogP contribution in [0.25, 0.3) is 10.8 Å². The maximum absolute atomic E-state index is 12.3. The van der Waals surface area contributed by atoms with E-state index in [1.165, 1.54) is 10.3 Å². The number of ether oxygens (including phenoxy) is 2. The molecule has 6 heteroatoms. The Morgan fingerprint density at radius 1 is 0.865 bits per heavy atom. The summed E-state index contributed by atoms with van der Waals surface area (Å²) in [5.74, 6) is 0.591. The van der Waals surface area contributed by atoms with Crippen molar-refractivity contribution in [3.05, 3.63) is 114 Å². The Morgan fingerprint density at radius 3 is 2.35 bits per heavy atom. The average molecular weight is 496 g/mol. The zero-order chi connectivity index (χ0) is 25.6. The molecule has 1 amide bonds. The average Bonchev–Trinajstić information content (AvgIpc) is 2.95. The second-order valence-corrected chi connectivity index (χ2v) is 9.30. The van der Waals surface area contributed by atoms with Gasteiger partial charge in [0, 0.05) is 18.0 Å². The zero-order valence-electron chi connectivity index (χ0n) is 20.5. The predicted molar refractivity (Wildman–Crippen MR) is 142 cm³/mol. The molecule has 1 fully saturated rings. The van der Waals surface area contributed by atoms with Crippen molar-refractivity contribution in [2.24, 2.45) is 0 Å². The van der Waals surface area contributed by atoms with Crippen LogP contribution in [0.2, 0.25) is 0 Å². The number of fused-ring (bicyclic) bond motifs is 1. The number of Topliss-reactive ketones (excluding diaryl/α,β-unsaturated/α-hetero) is 1. The van der Waals surface area contributed by atoms with E-state index in [-0.39, 0.29) is 24.4 Å². The van der Waals surface area contributed by atoms with Gasteiger partial charge >= 0.3 is 6.09 Å². The maximum Gasteiger partial charge on any atom is 0.407 e. The molecule has 0 aliphatic carbocycles. The Morgan fingerprint density at radius 2 is 1.59 bits per heavy atom. The number of piperidine rings is 1. The van der Waals surface area contributed by atoms with Gasteiger partial charge in [0.1, 0.15) is 5.75 Å². The Bertz CT molecular complexity index is 1370. The van der Waals surface area contributed by atoms with Crippen LogP contribution >= 0.6 is 0 Å². The lowest BCUT2D eigenvalue weighted by atomic mass is 9.87. The van der Waals surface area contributed by atoms with Crippen LogP contribution in [-0.2, 0) is 11.3 Å². The van der Waals surface area contributed by atoms with Gasteiger partial charge in [0.25, 0.3) is 0 Å². The van der Waals surface area contributed by atoms with Gasteiger partial charge in [-0.3, -0.25) is 4.79 Å². The molecule has 2 atom stereocenters. The van der Waals surface area contributed by atoms with Crippen LogP contribution in [0.4, 0.5) is 4.79 Å². The molecule has 0 aromatic heterocycles. The van der Waals surface area contributed by atoms with Crippen molar-refractivity contribution in [1.29, 1.82) is 0 Å². The minimum absolute atomic E-state index is 0.0299. The van der Waals surface area contributed by atoms with E-state index >= 15 is 0 Å². The Hall–Kier alpha value is -4.16. The molecule has 6 nitrogen and oxygen atoms in total. The van der Waals surface area contributed by atoms with Crippen LogP contribution in [0.15, 0.2) is 97.1 Å². The summed E-state index contributed by atoms with van der Waals surface area (Å²) in [5.41, 5.74) is 2.74. The van der Waals surface area contributed by atoms with E-state index in [0.29, 0.717) is 37.4 Å². The highest BCUT2D eigenvalue weighted by Crippen LogP contribution is 2.32. The van der Waals surface area contributed by atoms with Crippen molar-refractivity contribution < 1.29 is 24.2 Å². The Labute approximate surface area is 216 Å². The van der Waals surface area contributed by atoms with Crippen LogP contribution in [-0.4, -0.2) is 47.7 Å². The molecule has 1 saturated heterocycles. The number of benzene rings is 4. The number of carboxylic acid groups (broad SMARTS) is 1. The molecular weight excluding hydrogens is 466 g/mol. The van der Waals surface area contributed by atoms with E-state index in [9.17, 15) is 14.7 Å². The predicted octanol–water partition coefficient (Wildman–Crippen LogP) is 6.15. The number of hydrogen-bond acceptors (Lipinski definition) is 4. The molecule has 0 saturated carbocycles. The van der Waals surface area contributed by atoms with E-state index in [4.69, 9.17) is 9.47 Å². The molecular formula is C31H29NO5.